The third-order valence-corrected chi connectivity index (χ3v) is 1.49. The minimum atomic E-state index is 0.972. The summed E-state index contributed by atoms with van der Waals surface area (Å²) in [4.78, 5) is 0. The van der Waals surface area contributed by atoms with Crippen LogP contribution in [-0.4, -0.2) is 0 Å². The summed E-state index contributed by atoms with van der Waals surface area (Å²) in [6.07, 6.45) is 4.02. The number of rotatable bonds is 0. The van der Waals surface area contributed by atoms with Crippen molar-refractivity contribution in [1.82, 2.24) is 0 Å². The molecule has 0 amide bonds. The maximum atomic E-state index is 5.37. The Hall–Kier alpha value is -0.980. The van der Waals surface area contributed by atoms with Crippen molar-refractivity contribution in [2.24, 2.45) is 0 Å². The van der Waals surface area contributed by atoms with E-state index < -0.39 is 0 Å². The number of furan rings is 1. The van der Waals surface area contributed by atoms with Crippen LogP contribution in [0.1, 0.15) is 33.5 Å². The lowest BCUT2D eigenvalue weighted by Gasteiger charge is -1.74. The Kier molecular flexibility index (Phi) is 5.18. The topological polar surface area (TPSA) is 13.1 Å². The van der Waals surface area contributed by atoms with Crippen molar-refractivity contribution in [3.8, 4) is 0 Å². The summed E-state index contributed by atoms with van der Waals surface area (Å²) >= 11 is 0. The minimum absolute atomic E-state index is 0.972. The van der Waals surface area contributed by atoms with Gasteiger partial charge in [0.1, 0.15) is 11.2 Å². The Morgan fingerprint density at radius 1 is 1.17 bits per heavy atom. The summed E-state index contributed by atoms with van der Waals surface area (Å²) in [6.45, 7) is 9.95. The van der Waals surface area contributed by atoms with E-state index in [1.54, 1.807) is 0 Å². The van der Waals surface area contributed by atoms with Crippen LogP contribution in [0.25, 0.3) is 12.2 Å². The molecule has 0 fully saturated rings. The van der Waals surface area contributed by atoms with E-state index in [0.29, 0.717) is 0 Å². The van der Waals surface area contributed by atoms with Crippen LogP contribution >= 0.6 is 0 Å². The van der Waals surface area contributed by atoms with Gasteiger partial charge in [-0.1, -0.05) is 19.9 Å². The Labute approximate surface area is 74.4 Å². The lowest BCUT2D eigenvalue weighted by Crippen LogP contribution is -2.17. The van der Waals surface area contributed by atoms with Crippen LogP contribution in [0.5, 0.6) is 0 Å². The molecular formula is C11H18O. The fourth-order valence-electron chi connectivity index (χ4n) is 1.00. The molecule has 68 valence electrons. The average molecular weight is 166 g/mol. The molecule has 1 rings (SSSR count). The zero-order chi connectivity index (χ0) is 9.56. The van der Waals surface area contributed by atoms with E-state index in [0.717, 1.165) is 11.2 Å². The predicted octanol–water partition coefficient (Wildman–Crippen LogP) is 2.22. The molecule has 0 saturated heterocycles. The SMILES string of the molecule is C/C=c1/cc(C)o/c1=C/C.CC. The van der Waals surface area contributed by atoms with Crippen LogP contribution in [0.4, 0.5) is 0 Å². The average Bonchev–Trinajstić information content (AvgIpc) is 2.49. The molecule has 0 saturated carbocycles. The molecule has 1 aromatic heterocycles. The molecule has 1 heterocycles. The van der Waals surface area contributed by atoms with E-state index in [-0.39, 0.29) is 0 Å². The maximum absolute atomic E-state index is 5.37. The van der Waals surface area contributed by atoms with Crippen molar-refractivity contribution in [3.05, 3.63) is 22.5 Å². The van der Waals surface area contributed by atoms with Gasteiger partial charge in [0.25, 0.3) is 0 Å². The van der Waals surface area contributed by atoms with Gasteiger partial charge in [-0.25, -0.2) is 0 Å². The van der Waals surface area contributed by atoms with E-state index in [2.05, 4.69) is 0 Å². The second-order valence-electron chi connectivity index (χ2n) is 2.25. The zero-order valence-corrected chi connectivity index (χ0v) is 8.64. The lowest BCUT2D eigenvalue weighted by atomic mass is 10.3. The number of hydrogen-bond acceptors (Lipinski definition) is 1. The van der Waals surface area contributed by atoms with Gasteiger partial charge in [0.05, 0.1) is 0 Å². The molecule has 0 aliphatic heterocycles. The molecule has 0 N–H and O–H groups in total. The highest BCUT2D eigenvalue weighted by Crippen LogP contribution is 1.84. The van der Waals surface area contributed by atoms with Gasteiger partial charge in [0.2, 0.25) is 0 Å². The summed E-state index contributed by atoms with van der Waals surface area (Å²) < 4.78 is 5.37. The van der Waals surface area contributed by atoms with Crippen molar-refractivity contribution < 1.29 is 4.42 Å². The van der Waals surface area contributed by atoms with E-state index in [1.807, 2.05) is 52.8 Å². The first kappa shape index (κ1) is 11.0. The molecule has 0 atom stereocenters. The van der Waals surface area contributed by atoms with Gasteiger partial charge in [-0.3, -0.25) is 0 Å². The molecule has 1 aromatic rings. The van der Waals surface area contributed by atoms with Gasteiger partial charge < -0.3 is 4.42 Å². The van der Waals surface area contributed by atoms with Gasteiger partial charge in [0.15, 0.2) is 0 Å². The highest BCUT2D eigenvalue weighted by atomic mass is 16.3. The first-order valence-corrected chi connectivity index (χ1v) is 4.47. The predicted molar refractivity (Wildman–Crippen MR) is 54.3 cm³/mol. The molecule has 1 heteroatoms. The molecular weight excluding hydrogens is 148 g/mol. The zero-order valence-electron chi connectivity index (χ0n) is 8.64. The largest absolute Gasteiger partial charge is 0.462 e. The molecule has 0 bridgehead atoms. The van der Waals surface area contributed by atoms with Crippen molar-refractivity contribution in [2.45, 2.75) is 34.6 Å². The monoisotopic (exact) mass is 166 g/mol. The summed E-state index contributed by atoms with van der Waals surface area (Å²) in [5, 5.41) is 1.18. The first-order valence-electron chi connectivity index (χ1n) is 4.47. The fraction of sp³-hybridized carbons (Fsp3) is 0.455. The number of hydrogen-bond donors (Lipinski definition) is 0. The Balaban J connectivity index is 0.000000561. The Morgan fingerprint density at radius 3 is 2.08 bits per heavy atom. The van der Waals surface area contributed by atoms with Crippen molar-refractivity contribution >= 4 is 12.2 Å². The molecule has 0 aromatic carbocycles. The van der Waals surface area contributed by atoms with Gasteiger partial charge in [0, 0.05) is 5.22 Å². The third kappa shape index (κ3) is 2.57. The van der Waals surface area contributed by atoms with E-state index in [9.17, 15) is 0 Å². The van der Waals surface area contributed by atoms with E-state index in [1.165, 1.54) is 5.22 Å². The smallest absolute Gasteiger partial charge is 0.129 e. The summed E-state index contributed by atoms with van der Waals surface area (Å²) in [7, 11) is 0. The van der Waals surface area contributed by atoms with Crippen molar-refractivity contribution in [1.29, 1.82) is 0 Å². The van der Waals surface area contributed by atoms with E-state index >= 15 is 0 Å². The highest BCUT2D eigenvalue weighted by Gasteiger charge is 1.89. The van der Waals surface area contributed by atoms with Crippen molar-refractivity contribution in [2.75, 3.05) is 0 Å². The second-order valence-corrected chi connectivity index (χ2v) is 2.25. The molecule has 0 aliphatic carbocycles. The highest BCUT2D eigenvalue weighted by molar-refractivity contribution is 5.25. The molecule has 1 nitrogen and oxygen atoms in total. The van der Waals surface area contributed by atoms with Gasteiger partial charge >= 0.3 is 0 Å². The van der Waals surface area contributed by atoms with Crippen LogP contribution in [0.3, 0.4) is 0 Å². The molecule has 0 unspecified atom stereocenters. The summed E-state index contributed by atoms with van der Waals surface area (Å²) in [6, 6.07) is 2.04. The summed E-state index contributed by atoms with van der Waals surface area (Å²) in [5.41, 5.74) is 0.972. The lowest BCUT2D eigenvalue weighted by molar-refractivity contribution is 0.501. The minimum Gasteiger partial charge on any atom is -0.462 e. The van der Waals surface area contributed by atoms with Crippen LogP contribution in [0.2, 0.25) is 0 Å². The maximum Gasteiger partial charge on any atom is 0.129 e. The molecule has 0 radical (unpaired) electrons. The normalized spacial score (nSPS) is 12.8. The van der Waals surface area contributed by atoms with Gasteiger partial charge in [-0.2, -0.15) is 0 Å². The number of aryl methyl sites for hydroxylation is 1. The van der Waals surface area contributed by atoms with Crippen LogP contribution in [0.15, 0.2) is 10.5 Å². The quantitative estimate of drug-likeness (QED) is 0.576. The van der Waals surface area contributed by atoms with Gasteiger partial charge in [-0.05, 0) is 32.9 Å². The fourth-order valence-corrected chi connectivity index (χ4v) is 1.00. The van der Waals surface area contributed by atoms with Crippen LogP contribution in [0, 0.1) is 6.92 Å². The standard InChI is InChI=1S/C9H12O.C2H6/c1-4-8-6-7(3)10-9(8)5-2;1-2/h4-6H,1-3H3;1-2H3/b8-4-,9-5+;. The molecule has 0 spiro atoms. The third-order valence-electron chi connectivity index (χ3n) is 1.49. The van der Waals surface area contributed by atoms with Crippen LogP contribution in [-0.2, 0) is 0 Å². The Morgan fingerprint density at radius 2 is 1.75 bits per heavy atom. The second kappa shape index (κ2) is 5.64. The van der Waals surface area contributed by atoms with E-state index in [4.69, 9.17) is 4.42 Å². The van der Waals surface area contributed by atoms with Crippen LogP contribution < -0.4 is 10.6 Å². The summed E-state index contributed by atoms with van der Waals surface area (Å²) in [5.74, 6) is 0.973. The van der Waals surface area contributed by atoms with Crippen molar-refractivity contribution in [3.63, 3.8) is 0 Å². The Bertz CT molecular complexity index is 286. The first-order chi connectivity index (χ1) is 5.77. The van der Waals surface area contributed by atoms with Gasteiger partial charge in [-0.15, -0.1) is 0 Å². The molecule has 12 heavy (non-hydrogen) atoms. The molecule has 0 aliphatic rings.